The lowest BCUT2D eigenvalue weighted by atomic mass is 10.3. The van der Waals surface area contributed by atoms with Gasteiger partial charge in [0.15, 0.2) is 0 Å². The monoisotopic (exact) mass is 183 g/mol. The van der Waals surface area contributed by atoms with E-state index in [0.29, 0.717) is 5.69 Å². The van der Waals surface area contributed by atoms with Crippen molar-refractivity contribution >= 4 is 30.5 Å². The van der Waals surface area contributed by atoms with E-state index in [9.17, 15) is 4.39 Å². The molecule has 1 rings (SSSR count). The third-order valence-corrected chi connectivity index (χ3v) is 0.849. The van der Waals surface area contributed by atoms with Gasteiger partial charge in [0, 0.05) is 5.69 Å². The summed E-state index contributed by atoms with van der Waals surface area (Å²) in [5, 5.41) is 0. The molecule has 0 saturated heterocycles. The Labute approximate surface area is 71.2 Å². The van der Waals surface area contributed by atoms with Gasteiger partial charge in [0.25, 0.3) is 0 Å². The highest BCUT2D eigenvalue weighted by atomic mass is 35.5. The van der Waals surface area contributed by atoms with E-state index in [1.165, 1.54) is 12.1 Å². The van der Waals surface area contributed by atoms with E-state index >= 15 is 0 Å². The maximum atomic E-state index is 12.1. The van der Waals surface area contributed by atoms with Crippen LogP contribution in [0.15, 0.2) is 24.3 Å². The van der Waals surface area contributed by atoms with Gasteiger partial charge in [0.05, 0.1) is 0 Å². The van der Waals surface area contributed by atoms with Gasteiger partial charge in [0.2, 0.25) is 0 Å². The maximum Gasteiger partial charge on any atom is 0.125 e. The molecule has 0 aromatic heterocycles. The fourth-order valence-corrected chi connectivity index (χ4v) is 0.507. The second kappa shape index (κ2) is 5.33. The molecule has 10 heavy (non-hydrogen) atoms. The van der Waals surface area contributed by atoms with Crippen molar-refractivity contribution < 1.29 is 4.39 Å². The van der Waals surface area contributed by atoms with E-state index in [2.05, 4.69) is 0 Å². The summed E-state index contributed by atoms with van der Waals surface area (Å²) in [5.74, 6) is -0.287. The Kier molecular flexibility index (Phi) is 6.51. The van der Waals surface area contributed by atoms with E-state index in [-0.39, 0.29) is 30.6 Å². The Bertz CT molecular complexity index is 176. The summed E-state index contributed by atoms with van der Waals surface area (Å²) in [7, 11) is 0. The highest BCUT2D eigenvalue weighted by Crippen LogP contribution is 2.02. The number of hydrogen-bond donors (Lipinski definition) is 1. The summed E-state index contributed by atoms with van der Waals surface area (Å²) in [5.41, 5.74) is 5.68. The van der Waals surface area contributed by atoms with Crippen molar-refractivity contribution in [3.05, 3.63) is 30.1 Å². The van der Waals surface area contributed by atoms with Crippen LogP contribution in [0.3, 0.4) is 0 Å². The molecular weight excluding hydrogens is 176 g/mol. The molecule has 1 aromatic rings. The minimum Gasteiger partial charge on any atom is -0.399 e. The van der Waals surface area contributed by atoms with Crippen molar-refractivity contribution in [1.29, 1.82) is 0 Å². The van der Waals surface area contributed by atoms with Gasteiger partial charge < -0.3 is 5.73 Å². The summed E-state index contributed by atoms with van der Waals surface area (Å²) >= 11 is 0. The summed E-state index contributed by atoms with van der Waals surface area (Å²) in [6.45, 7) is 0. The van der Waals surface area contributed by atoms with Crippen LogP contribution in [-0.4, -0.2) is 0 Å². The predicted octanol–water partition coefficient (Wildman–Crippen LogP) is 2.25. The molecule has 0 amide bonds. The lowest BCUT2D eigenvalue weighted by molar-refractivity contribution is 0.628. The molecule has 2 N–H and O–H groups in total. The molecule has 0 fully saturated rings. The molecule has 4 heteroatoms. The van der Waals surface area contributed by atoms with E-state index < -0.39 is 0 Å². The first-order valence-electron chi connectivity index (χ1n) is 2.30. The zero-order valence-electron chi connectivity index (χ0n) is 5.08. The van der Waals surface area contributed by atoms with Crippen LogP contribution in [0, 0.1) is 5.82 Å². The maximum absolute atomic E-state index is 12.1. The van der Waals surface area contributed by atoms with Gasteiger partial charge in [-0.15, -0.1) is 24.8 Å². The number of rotatable bonds is 0. The molecule has 0 saturated carbocycles. The molecule has 0 bridgehead atoms. The quantitative estimate of drug-likeness (QED) is 0.614. The van der Waals surface area contributed by atoms with Crippen LogP contribution in [-0.2, 0) is 0 Å². The van der Waals surface area contributed by atoms with Crippen LogP contribution in [0.25, 0.3) is 0 Å². The Balaban J connectivity index is 0. The zero-order valence-corrected chi connectivity index (χ0v) is 6.71. The van der Waals surface area contributed by atoms with Gasteiger partial charge in [-0.25, -0.2) is 4.39 Å². The minimum atomic E-state index is -0.287. The summed E-state index contributed by atoms with van der Waals surface area (Å²) in [4.78, 5) is 0. The van der Waals surface area contributed by atoms with Gasteiger partial charge >= 0.3 is 0 Å². The highest BCUT2D eigenvalue weighted by molar-refractivity contribution is 5.85. The third kappa shape index (κ3) is 3.54. The molecule has 1 aromatic carbocycles. The number of nitrogen functional groups attached to an aromatic ring is 1. The van der Waals surface area contributed by atoms with Gasteiger partial charge in [0.1, 0.15) is 5.82 Å². The van der Waals surface area contributed by atoms with Gasteiger partial charge in [-0.1, -0.05) is 6.07 Å². The number of anilines is 1. The Morgan fingerprint density at radius 1 is 1.20 bits per heavy atom. The molecule has 0 atom stereocenters. The molecule has 0 spiro atoms. The van der Waals surface area contributed by atoms with E-state index in [4.69, 9.17) is 5.73 Å². The van der Waals surface area contributed by atoms with E-state index in [0.717, 1.165) is 0 Å². The fourth-order valence-electron chi connectivity index (χ4n) is 0.507. The highest BCUT2D eigenvalue weighted by Gasteiger charge is 1.85. The molecule has 0 heterocycles. The Morgan fingerprint density at radius 3 is 2.10 bits per heavy atom. The van der Waals surface area contributed by atoms with Crippen LogP contribution in [0.1, 0.15) is 0 Å². The smallest absolute Gasteiger partial charge is 0.125 e. The Morgan fingerprint density at radius 2 is 1.80 bits per heavy atom. The predicted molar refractivity (Wildman–Crippen MR) is 45.3 cm³/mol. The first-order valence-corrected chi connectivity index (χ1v) is 2.30. The van der Waals surface area contributed by atoms with Gasteiger partial charge in [-0.05, 0) is 18.2 Å². The van der Waals surface area contributed by atoms with Crippen LogP contribution in [0.4, 0.5) is 10.1 Å². The zero-order chi connectivity index (χ0) is 5.98. The molecule has 0 aliphatic carbocycles. The second-order valence-electron chi connectivity index (χ2n) is 1.56. The largest absolute Gasteiger partial charge is 0.399 e. The molecule has 58 valence electrons. The van der Waals surface area contributed by atoms with Crippen LogP contribution in [0.2, 0.25) is 0 Å². The summed E-state index contributed by atoms with van der Waals surface area (Å²) in [6, 6.07) is 5.85. The first kappa shape index (κ1) is 12.2. The van der Waals surface area contributed by atoms with Crippen molar-refractivity contribution in [2.24, 2.45) is 0 Å². The van der Waals surface area contributed by atoms with Crippen LogP contribution in [0.5, 0.6) is 0 Å². The molecule has 0 aliphatic rings. The normalized spacial score (nSPS) is 7.30. The molecule has 0 aliphatic heterocycles. The summed E-state index contributed by atoms with van der Waals surface area (Å²) < 4.78 is 12.1. The standard InChI is InChI=1S/C6H6FN.2ClH/c7-5-2-1-3-6(8)4-5;;/h1-4H,8H2;2*1H. The van der Waals surface area contributed by atoms with Crippen molar-refractivity contribution in [1.82, 2.24) is 0 Å². The fraction of sp³-hybridized carbons (Fsp3) is 0. The topological polar surface area (TPSA) is 26.0 Å². The lowest BCUT2D eigenvalue weighted by Crippen LogP contribution is -1.83. The lowest BCUT2D eigenvalue weighted by Gasteiger charge is -1.88. The number of halogens is 3. The minimum absolute atomic E-state index is 0. The van der Waals surface area contributed by atoms with Crippen molar-refractivity contribution in [2.45, 2.75) is 0 Å². The molecular formula is C6H8Cl2FN. The van der Waals surface area contributed by atoms with Crippen molar-refractivity contribution in [3.63, 3.8) is 0 Å². The van der Waals surface area contributed by atoms with Crippen LogP contribution < -0.4 is 5.73 Å². The molecule has 0 unspecified atom stereocenters. The van der Waals surface area contributed by atoms with Gasteiger partial charge in [-0.3, -0.25) is 0 Å². The average molecular weight is 184 g/mol. The van der Waals surface area contributed by atoms with E-state index in [1.54, 1.807) is 12.1 Å². The second-order valence-corrected chi connectivity index (χ2v) is 1.56. The number of nitrogens with two attached hydrogens (primary N) is 1. The SMILES string of the molecule is Cl.Cl.Nc1cccc(F)c1. The number of benzene rings is 1. The van der Waals surface area contributed by atoms with Crippen molar-refractivity contribution in [3.8, 4) is 0 Å². The first-order chi connectivity index (χ1) is 3.79. The molecule has 1 nitrogen and oxygen atoms in total. The van der Waals surface area contributed by atoms with E-state index in [1.807, 2.05) is 0 Å². The van der Waals surface area contributed by atoms with Gasteiger partial charge in [-0.2, -0.15) is 0 Å². The molecule has 0 radical (unpaired) electrons. The van der Waals surface area contributed by atoms with Crippen LogP contribution >= 0.6 is 24.8 Å². The third-order valence-electron chi connectivity index (χ3n) is 0.849. The summed E-state index contributed by atoms with van der Waals surface area (Å²) in [6.07, 6.45) is 0. The average Bonchev–Trinajstić information content (AvgIpc) is 1.64. The van der Waals surface area contributed by atoms with Crippen molar-refractivity contribution in [2.75, 3.05) is 5.73 Å². The Hall–Kier alpha value is -0.470. The number of hydrogen-bond acceptors (Lipinski definition) is 1.